The molecule has 148 valence electrons. The summed E-state index contributed by atoms with van der Waals surface area (Å²) in [5.74, 6) is 0.662. The number of nitrogens with one attached hydrogen (secondary N) is 2. The quantitative estimate of drug-likeness (QED) is 0.675. The summed E-state index contributed by atoms with van der Waals surface area (Å²) < 4.78 is 6.87. The lowest BCUT2D eigenvalue weighted by Crippen LogP contribution is -2.37. The van der Waals surface area contributed by atoms with Gasteiger partial charge < -0.3 is 15.4 Å². The van der Waals surface area contributed by atoms with Crippen molar-refractivity contribution in [1.82, 2.24) is 30.2 Å². The zero-order valence-corrected chi connectivity index (χ0v) is 15.8. The molecular weight excluding hydrogens is 372 g/mol. The van der Waals surface area contributed by atoms with Crippen LogP contribution in [0.4, 0.5) is 0 Å². The van der Waals surface area contributed by atoms with Crippen LogP contribution in [0.3, 0.4) is 0 Å². The maximum absolute atomic E-state index is 12.9. The first-order valence-electron chi connectivity index (χ1n) is 9.20. The van der Waals surface area contributed by atoms with E-state index in [0.717, 1.165) is 0 Å². The lowest BCUT2D eigenvalue weighted by atomic mass is 10.1. The Hall–Kier alpha value is -3.59. The Bertz CT molecular complexity index is 1080. The normalized spacial score (nSPS) is 15.8. The zero-order valence-electron chi connectivity index (χ0n) is 15.8. The van der Waals surface area contributed by atoms with Crippen molar-refractivity contribution < 1.29 is 9.53 Å². The van der Waals surface area contributed by atoms with Crippen LogP contribution in [0.25, 0.3) is 11.4 Å². The molecular formula is C20H20N6O3. The number of benzene rings is 1. The molecule has 0 radical (unpaired) electrons. The molecule has 0 saturated carbocycles. The Kier molecular flexibility index (Phi) is 5.30. The summed E-state index contributed by atoms with van der Waals surface area (Å²) in [5.41, 5.74) is 1.22. The zero-order chi connectivity index (χ0) is 20.2. The Morgan fingerprint density at radius 1 is 1.28 bits per heavy atom. The third-order valence-corrected chi connectivity index (χ3v) is 4.71. The summed E-state index contributed by atoms with van der Waals surface area (Å²) in [6.45, 7) is 1.51. The van der Waals surface area contributed by atoms with Crippen LogP contribution in [0.2, 0.25) is 0 Å². The lowest BCUT2D eigenvalue weighted by molar-refractivity contribution is 0.0931. The minimum atomic E-state index is -0.496. The molecule has 0 spiro atoms. The van der Waals surface area contributed by atoms with Crippen molar-refractivity contribution in [3.05, 3.63) is 70.7 Å². The predicted molar refractivity (Wildman–Crippen MR) is 106 cm³/mol. The Morgan fingerprint density at radius 3 is 2.93 bits per heavy atom. The molecule has 9 heteroatoms. The summed E-state index contributed by atoms with van der Waals surface area (Å²) >= 11 is 0. The molecule has 2 N–H and O–H groups in total. The second-order valence-electron chi connectivity index (χ2n) is 6.51. The molecule has 1 aromatic carbocycles. The van der Waals surface area contributed by atoms with Crippen molar-refractivity contribution in [2.45, 2.75) is 12.6 Å². The lowest BCUT2D eigenvalue weighted by Gasteiger charge is -2.20. The van der Waals surface area contributed by atoms with Gasteiger partial charge in [0, 0.05) is 31.9 Å². The Labute approximate surface area is 166 Å². The van der Waals surface area contributed by atoms with E-state index < -0.39 is 6.04 Å². The second-order valence-corrected chi connectivity index (χ2v) is 6.51. The van der Waals surface area contributed by atoms with Crippen LogP contribution in [0.1, 0.15) is 22.2 Å². The molecule has 2 aromatic heterocycles. The largest absolute Gasteiger partial charge is 0.496 e. The third kappa shape index (κ3) is 3.85. The molecule has 1 unspecified atom stereocenters. The number of carbonyl (C=O) groups excluding carboxylic acids is 1. The molecule has 0 bridgehead atoms. The van der Waals surface area contributed by atoms with Gasteiger partial charge in [0.15, 0.2) is 0 Å². The molecule has 1 atom stereocenters. The van der Waals surface area contributed by atoms with Crippen LogP contribution >= 0.6 is 0 Å². The van der Waals surface area contributed by atoms with E-state index in [9.17, 15) is 9.59 Å². The summed E-state index contributed by atoms with van der Waals surface area (Å²) in [6, 6.07) is 9.64. The van der Waals surface area contributed by atoms with E-state index in [0.29, 0.717) is 48.2 Å². The van der Waals surface area contributed by atoms with Crippen molar-refractivity contribution in [3.63, 3.8) is 0 Å². The fourth-order valence-electron chi connectivity index (χ4n) is 3.30. The molecule has 0 fully saturated rings. The Morgan fingerprint density at radius 2 is 2.14 bits per heavy atom. The summed E-state index contributed by atoms with van der Waals surface area (Å²) in [7, 11) is 1.52. The molecule has 0 saturated heterocycles. The average molecular weight is 392 g/mol. The SMILES string of the molecule is COc1ccccc1C(=O)NC1CNCCn2c1nc(-c1ccncn1)cc2=O. The van der Waals surface area contributed by atoms with Gasteiger partial charge in [0.05, 0.1) is 30.1 Å². The number of ether oxygens (including phenoxy) is 1. The number of aromatic nitrogens is 4. The highest BCUT2D eigenvalue weighted by Gasteiger charge is 2.25. The first kappa shape index (κ1) is 18.8. The van der Waals surface area contributed by atoms with Gasteiger partial charge in [-0.1, -0.05) is 12.1 Å². The van der Waals surface area contributed by atoms with E-state index in [1.54, 1.807) is 41.1 Å². The van der Waals surface area contributed by atoms with Crippen LogP contribution < -0.4 is 20.9 Å². The van der Waals surface area contributed by atoms with Gasteiger partial charge in [0.2, 0.25) is 0 Å². The average Bonchev–Trinajstić information content (AvgIpc) is 2.97. The van der Waals surface area contributed by atoms with E-state index in [-0.39, 0.29) is 11.5 Å². The number of carbonyl (C=O) groups is 1. The molecule has 4 rings (SSSR count). The third-order valence-electron chi connectivity index (χ3n) is 4.71. The molecule has 29 heavy (non-hydrogen) atoms. The number of hydrogen-bond donors (Lipinski definition) is 2. The number of nitrogens with zero attached hydrogens (tertiary/aromatic N) is 4. The topological polar surface area (TPSA) is 111 Å². The molecule has 1 amide bonds. The van der Waals surface area contributed by atoms with Gasteiger partial charge in [-0.05, 0) is 18.2 Å². The van der Waals surface area contributed by atoms with E-state index in [4.69, 9.17) is 4.74 Å². The molecule has 0 aliphatic carbocycles. The standard InChI is InChI=1S/C20H20N6O3/c1-29-17-5-3-2-4-13(17)20(28)25-16-11-21-8-9-26-18(27)10-15(24-19(16)26)14-6-7-22-12-23-14/h2-7,10,12,16,21H,8-9,11H2,1H3,(H,25,28). The van der Waals surface area contributed by atoms with E-state index in [1.807, 2.05) is 0 Å². The maximum Gasteiger partial charge on any atom is 0.255 e. The van der Waals surface area contributed by atoms with Crippen molar-refractivity contribution in [2.24, 2.45) is 0 Å². The van der Waals surface area contributed by atoms with Crippen LogP contribution in [0.15, 0.2) is 53.7 Å². The molecule has 3 heterocycles. The fourth-order valence-corrected chi connectivity index (χ4v) is 3.30. The first-order chi connectivity index (χ1) is 14.2. The van der Waals surface area contributed by atoms with Gasteiger partial charge in [-0.25, -0.2) is 15.0 Å². The van der Waals surface area contributed by atoms with Crippen molar-refractivity contribution >= 4 is 5.91 Å². The first-order valence-corrected chi connectivity index (χ1v) is 9.20. The fraction of sp³-hybridized carbons (Fsp3) is 0.250. The van der Waals surface area contributed by atoms with Gasteiger partial charge in [0.25, 0.3) is 11.5 Å². The number of methoxy groups -OCH3 is 1. The molecule has 1 aliphatic heterocycles. The molecule has 3 aromatic rings. The number of para-hydroxylation sites is 1. The summed E-state index contributed by atoms with van der Waals surface area (Å²) in [5, 5.41) is 6.22. The van der Waals surface area contributed by atoms with Crippen LogP contribution in [0, 0.1) is 0 Å². The van der Waals surface area contributed by atoms with E-state index in [2.05, 4.69) is 25.6 Å². The van der Waals surface area contributed by atoms with Gasteiger partial charge in [0.1, 0.15) is 17.9 Å². The summed E-state index contributed by atoms with van der Waals surface area (Å²) in [4.78, 5) is 38.4. The van der Waals surface area contributed by atoms with Gasteiger partial charge in [-0.2, -0.15) is 0 Å². The highest BCUT2D eigenvalue weighted by atomic mass is 16.5. The molecule has 9 nitrogen and oxygen atoms in total. The monoisotopic (exact) mass is 392 g/mol. The maximum atomic E-state index is 12.9. The van der Waals surface area contributed by atoms with E-state index >= 15 is 0 Å². The second kappa shape index (κ2) is 8.19. The van der Waals surface area contributed by atoms with Crippen LogP contribution in [-0.2, 0) is 6.54 Å². The highest BCUT2D eigenvalue weighted by Crippen LogP contribution is 2.20. The van der Waals surface area contributed by atoms with Crippen molar-refractivity contribution in [2.75, 3.05) is 20.2 Å². The van der Waals surface area contributed by atoms with Gasteiger partial charge in [-0.15, -0.1) is 0 Å². The van der Waals surface area contributed by atoms with Crippen molar-refractivity contribution in [1.29, 1.82) is 0 Å². The Balaban J connectivity index is 1.72. The van der Waals surface area contributed by atoms with E-state index in [1.165, 1.54) is 19.5 Å². The van der Waals surface area contributed by atoms with Crippen LogP contribution in [0.5, 0.6) is 5.75 Å². The van der Waals surface area contributed by atoms with Gasteiger partial charge in [-0.3, -0.25) is 14.2 Å². The predicted octanol–water partition coefficient (Wildman–Crippen LogP) is 0.783. The number of rotatable bonds is 4. The smallest absolute Gasteiger partial charge is 0.255 e. The minimum absolute atomic E-state index is 0.191. The number of amides is 1. The molecule has 1 aliphatic rings. The number of hydrogen-bond acceptors (Lipinski definition) is 7. The van der Waals surface area contributed by atoms with Gasteiger partial charge >= 0.3 is 0 Å². The highest BCUT2D eigenvalue weighted by molar-refractivity contribution is 5.97. The minimum Gasteiger partial charge on any atom is -0.496 e. The van der Waals surface area contributed by atoms with Crippen molar-refractivity contribution in [3.8, 4) is 17.1 Å². The van der Waals surface area contributed by atoms with Crippen LogP contribution in [-0.4, -0.2) is 45.6 Å². The number of fused-ring (bicyclic) bond motifs is 1. The summed E-state index contributed by atoms with van der Waals surface area (Å²) in [6.07, 6.45) is 3.00.